The van der Waals surface area contributed by atoms with Crippen LogP contribution in [0.5, 0.6) is 0 Å². The van der Waals surface area contributed by atoms with Crippen LogP contribution in [-0.4, -0.2) is 32.0 Å². The van der Waals surface area contributed by atoms with Crippen molar-refractivity contribution < 1.29 is 13.6 Å². The Morgan fingerprint density at radius 3 is 2.96 bits per heavy atom. The van der Waals surface area contributed by atoms with Crippen LogP contribution in [0.3, 0.4) is 0 Å². The van der Waals surface area contributed by atoms with E-state index in [9.17, 15) is 13.6 Å². The van der Waals surface area contributed by atoms with Gasteiger partial charge < -0.3 is 5.32 Å². The smallest absolute Gasteiger partial charge is 0.251 e. The number of nitrogens with zero attached hydrogens (tertiary/aromatic N) is 4. The number of hydrogen-bond donors (Lipinski definition) is 1. The highest BCUT2D eigenvalue weighted by Gasteiger charge is 2.44. The van der Waals surface area contributed by atoms with Gasteiger partial charge in [0.25, 0.3) is 5.92 Å². The van der Waals surface area contributed by atoms with Gasteiger partial charge in [0.1, 0.15) is 6.33 Å². The zero-order valence-electron chi connectivity index (χ0n) is 12.7. The Bertz CT molecular complexity index is 702. The fourth-order valence-electron chi connectivity index (χ4n) is 2.95. The fourth-order valence-corrected chi connectivity index (χ4v) is 2.95. The third kappa shape index (κ3) is 3.20. The highest BCUT2D eigenvalue weighted by Crippen LogP contribution is 2.42. The molecule has 122 valence electrons. The highest BCUT2D eigenvalue weighted by molar-refractivity contribution is 5.92. The summed E-state index contributed by atoms with van der Waals surface area (Å²) in [5.74, 6) is -4.00. The maximum absolute atomic E-state index is 13.6. The van der Waals surface area contributed by atoms with Gasteiger partial charge in [-0.2, -0.15) is 0 Å². The monoisotopic (exact) mass is 321 g/mol. The first kappa shape index (κ1) is 15.5. The summed E-state index contributed by atoms with van der Waals surface area (Å²) in [5, 5.41) is 13.7. The van der Waals surface area contributed by atoms with Crippen molar-refractivity contribution in [3.8, 4) is 5.69 Å². The molecule has 0 radical (unpaired) electrons. The molecule has 1 aliphatic carbocycles. The minimum Gasteiger partial charge on any atom is -0.326 e. The molecule has 1 amide bonds. The normalized spacial score (nSPS) is 19.7. The molecule has 23 heavy (non-hydrogen) atoms. The maximum atomic E-state index is 13.6. The molecule has 1 N–H and O–H groups in total. The van der Waals surface area contributed by atoms with Gasteiger partial charge in [0.2, 0.25) is 5.91 Å². The van der Waals surface area contributed by atoms with E-state index in [2.05, 4.69) is 20.8 Å². The number of halogens is 2. The minimum absolute atomic E-state index is 0.126. The Morgan fingerprint density at radius 2 is 2.30 bits per heavy atom. The quantitative estimate of drug-likeness (QED) is 0.940. The van der Waals surface area contributed by atoms with E-state index in [4.69, 9.17) is 0 Å². The lowest BCUT2D eigenvalue weighted by molar-refractivity contribution is -0.120. The average Bonchev–Trinajstić information content (AvgIpc) is 3.12. The first-order valence-electron chi connectivity index (χ1n) is 7.48. The molecule has 6 nitrogen and oxygen atoms in total. The van der Waals surface area contributed by atoms with Crippen LogP contribution < -0.4 is 5.32 Å². The Labute approximate surface area is 131 Å². The number of tetrazole rings is 1. The molecule has 0 bridgehead atoms. The van der Waals surface area contributed by atoms with E-state index in [0.717, 1.165) is 11.3 Å². The molecule has 1 aromatic carbocycles. The molecular weight excluding hydrogens is 304 g/mol. The number of carbonyl (C=O) groups excluding carboxylic acids is 1. The SMILES string of the molecule is Cc1c(NC(=O)CC2CCCC2(F)F)cccc1-n1cnnn1. The predicted molar refractivity (Wildman–Crippen MR) is 79.4 cm³/mol. The fraction of sp³-hybridized carbons (Fsp3) is 0.467. The first-order chi connectivity index (χ1) is 11.0. The Morgan fingerprint density at radius 1 is 1.48 bits per heavy atom. The summed E-state index contributed by atoms with van der Waals surface area (Å²) < 4.78 is 28.7. The average molecular weight is 321 g/mol. The molecular formula is C15H17F2N5O. The molecule has 8 heteroatoms. The van der Waals surface area contributed by atoms with Crippen LogP contribution in [0.15, 0.2) is 24.5 Å². The van der Waals surface area contributed by atoms with E-state index in [0.29, 0.717) is 18.5 Å². The lowest BCUT2D eigenvalue weighted by Gasteiger charge is -2.19. The summed E-state index contributed by atoms with van der Waals surface area (Å²) in [4.78, 5) is 12.1. The molecule has 1 fully saturated rings. The largest absolute Gasteiger partial charge is 0.326 e. The van der Waals surface area contributed by atoms with E-state index in [1.54, 1.807) is 12.1 Å². The van der Waals surface area contributed by atoms with E-state index in [1.807, 2.05) is 13.0 Å². The van der Waals surface area contributed by atoms with Crippen molar-refractivity contribution in [1.29, 1.82) is 0 Å². The molecule has 0 aliphatic heterocycles. The lowest BCUT2D eigenvalue weighted by Crippen LogP contribution is -2.27. The van der Waals surface area contributed by atoms with Crippen LogP contribution in [0.25, 0.3) is 5.69 Å². The molecule has 1 aromatic heterocycles. The zero-order chi connectivity index (χ0) is 16.4. The van der Waals surface area contributed by atoms with Gasteiger partial charge in [0, 0.05) is 24.4 Å². The van der Waals surface area contributed by atoms with E-state index < -0.39 is 17.7 Å². The van der Waals surface area contributed by atoms with Gasteiger partial charge in [0.05, 0.1) is 5.69 Å². The molecule has 1 unspecified atom stereocenters. The van der Waals surface area contributed by atoms with Gasteiger partial charge in [-0.1, -0.05) is 6.07 Å². The molecule has 1 saturated carbocycles. The van der Waals surface area contributed by atoms with Crippen LogP contribution in [0.2, 0.25) is 0 Å². The second kappa shape index (κ2) is 6.02. The Balaban J connectivity index is 1.73. The van der Waals surface area contributed by atoms with E-state index in [-0.39, 0.29) is 12.8 Å². The van der Waals surface area contributed by atoms with Crippen LogP contribution in [0.4, 0.5) is 14.5 Å². The molecule has 1 heterocycles. The van der Waals surface area contributed by atoms with Gasteiger partial charge in [-0.15, -0.1) is 5.10 Å². The maximum Gasteiger partial charge on any atom is 0.251 e. The topological polar surface area (TPSA) is 72.7 Å². The molecule has 1 aliphatic rings. The minimum atomic E-state index is -2.74. The van der Waals surface area contributed by atoms with Crippen LogP contribution in [0.1, 0.15) is 31.2 Å². The number of benzene rings is 1. The predicted octanol–water partition coefficient (Wildman–Crippen LogP) is 2.73. The third-order valence-corrected chi connectivity index (χ3v) is 4.27. The van der Waals surface area contributed by atoms with Crippen molar-refractivity contribution in [1.82, 2.24) is 20.2 Å². The van der Waals surface area contributed by atoms with Crippen molar-refractivity contribution in [2.24, 2.45) is 5.92 Å². The van der Waals surface area contributed by atoms with Gasteiger partial charge in [-0.3, -0.25) is 4.79 Å². The van der Waals surface area contributed by atoms with Gasteiger partial charge in [0.15, 0.2) is 0 Å². The summed E-state index contributed by atoms with van der Waals surface area (Å²) in [7, 11) is 0. The lowest BCUT2D eigenvalue weighted by atomic mass is 10.0. The first-order valence-corrected chi connectivity index (χ1v) is 7.48. The summed E-state index contributed by atoms with van der Waals surface area (Å²) in [6.07, 6.45) is 2.02. The molecule has 0 saturated heterocycles. The van der Waals surface area contributed by atoms with Gasteiger partial charge in [-0.25, -0.2) is 13.5 Å². The third-order valence-electron chi connectivity index (χ3n) is 4.27. The molecule has 1 atom stereocenters. The summed E-state index contributed by atoms with van der Waals surface area (Å²) in [6, 6.07) is 5.30. The Hall–Kier alpha value is -2.38. The number of anilines is 1. The molecule has 0 spiro atoms. The molecule has 3 rings (SSSR count). The van der Waals surface area contributed by atoms with Crippen LogP contribution >= 0.6 is 0 Å². The number of alkyl halides is 2. The summed E-state index contributed by atoms with van der Waals surface area (Å²) >= 11 is 0. The second-order valence-electron chi connectivity index (χ2n) is 5.81. The number of nitrogens with one attached hydrogen (secondary N) is 1. The number of amides is 1. The number of rotatable bonds is 4. The van der Waals surface area contributed by atoms with Crippen molar-refractivity contribution in [3.05, 3.63) is 30.1 Å². The van der Waals surface area contributed by atoms with Crippen molar-refractivity contribution in [2.75, 3.05) is 5.32 Å². The van der Waals surface area contributed by atoms with Gasteiger partial charge in [-0.05, 0) is 47.9 Å². The zero-order valence-corrected chi connectivity index (χ0v) is 12.7. The second-order valence-corrected chi connectivity index (χ2v) is 5.81. The number of hydrogen-bond acceptors (Lipinski definition) is 4. The van der Waals surface area contributed by atoms with Crippen molar-refractivity contribution in [3.63, 3.8) is 0 Å². The summed E-state index contributed by atoms with van der Waals surface area (Å²) in [5.41, 5.74) is 2.06. The van der Waals surface area contributed by atoms with Crippen LogP contribution in [0, 0.1) is 12.8 Å². The number of carbonyl (C=O) groups is 1. The van der Waals surface area contributed by atoms with E-state index >= 15 is 0 Å². The van der Waals surface area contributed by atoms with Crippen LogP contribution in [-0.2, 0) is 4.79 Å². The molecule has 2 aromatic rings. The van der Waals surface area contributed by atoms with Crippen molar-refractivity contribution in [2.45, 2.75) is 38.5 Å². The standard InChI is InChI=1S/C15H17F2N5O/c1-10-12(5-2-6-13(10)22-9-18-20-21-22)19-14(23)8-11-4-3-7-15(11,16)17/h2,5-6,9,11H,3-4,7-8H2,1H3,(H,19,23). The van der Waals surface area contributed by atoms with Gasteiger partial charge >= 0.3 is 0 Å². The van der Waals surface area contributed by atoms with Crippen molar-refractivity contribution >= 4 is 11.6 Å². The Kier molecular flexibility index (Phi) is 4.06. The van der Waals surface area contributed by atoms with E-state index in [1.165, 1.54) is 11.0 Å². The highest BCUT2D eigenvalue weighted by atomic mass is 19.3. The number of aromatic nitrogens is 4. The summed E-state index contributed by atoms with van der Waals surface area (Å²) in [6.45, 7) is 1.82.